The molecule has 6 rings (SSSR count). The zero-order valence-corrected chi connectivity index (χ0v) is 16.1. The first-order chi connectivity index (χ1) is 14.4. The minimum absolute atomic E-state index is 0.866. The largest absolute Gasteiger partial charge is 0.338 e. The van der Waals surface area contributed by atoms with Gasteiger partial charge in [-0.1, -0.05) is 6.07 Å². The van der Waals surface area contributed by atoms with Crippen LogP contribution in [0.2, 0.25) is 0 Å². The molecule has 5 nitrogen and oxygen atoms in total. The predicted molar refractivity (Wildman–Crippen MR) is 118 cm³/mol. The van der Waals surface area contributed by atoms with Gasteiger partial charge < -0.3 is 4.98 Å². The Morgan fingerprint density at radius 2 is 1.72 bits per heavy atom. The van der Waals surface area contributed by atoms with Crippen LogP contribution in [-0.4, -0.2) is 25.1 Å². The SMILES string of the molecule is c1cc(-c2ccc3[nH]nc(-c4cc5c(-c6ccsc6)ccnc5[nH]4)c3c2)ccn1. The predicted octanol–water partition coefficient (Wildman–Crippen LogP) is 5.90. The van der Waals surface area contributed by atoms with Crippen LogP contribution in [0.5, 0.6) is 0 Å². The standard InChI is InChI=1S/C23H15N5S/c1-2-20-19(11-15(1)14-3-7-24-8-4-14)22(28-27-20)21-12-18-17(16-6-10-29-13-16)5-9-25-23(18)26-21/h1-13H,(H,25,26)(H,27,28). The summed E-state index contributed by atoms with van der Waals surface area (Å²) in [6.07, 6.45) is 5.47. The maximum Gasteiger partial charge on any atom is 0.138 e. The average Bonchev–Trinajstić information content (AvgIpc) is 3.52. The average molecular weight is 393 g/mol. The van der Waals surface area contributed by atoms with E-state index in [1.165, 1.54) is 11.1 Å². The molecule has 138 valence electrons. The van der Waals surface area contributed by atoms with Crippen molar-refractivity contribution >= 4 is 33.3 Å². The molecule has 0 radical (unpaired) electrons. The number of hydrogen-bond acceptors (Lipinski definition) is 4. The molecule has 0 bridgehead atoms. The lowest BCUT2D eigenvalue weighted by atomic mass is 10.0. The van der Waals surface area contributed by atoms with Crippen molar-refractivity contribution in [2.24, 2.45) is 0 Å². The van der Waals surface area contributed by atoms with Gasteiger partial charge in [-0.05, 0) is 75.5 Å². The molecule has 0 aliphatic rings. The topological polar surface area (TPSA) is 70.2 Å². The van der Waals surface area contributed by atoms with E-state index in [9.17, 15) is 0 Å². The minimum Gasteiger partial charge on any atom is -0.338 e. The summed E-state index contributed by atoms with van der Waals surface area (Å²) >= 11 is 1.70. The smallest absolute Gasteiger partial charge is 0.138 e. The molecule has 5 aromatic heterocycles. The minimum atomic E-state index is 0.866. The first-order valence-electron chi connectivity index (χ1n) is 9.26. The summed E-state index contributed by atoms with van der Waals surface area (Å²) in [5, 5.41) is 14.2. The van der Waals surface area contributed by atoms with E-state index in [-0.39, 0.29) is 0 Å². The van der Waals surface area contributed by atoms with Gasteiger partial charge in [0.25, 0.3) is 0 Å². The van der Waals surface area contributed by atoms with E-state index in [2.05, 4.69) is 72.3 Å². The number of nitrogens with one attached hydrogen (secondary N) is 2. The van der Waals surface area contributed by atoms with Crippen LogP contribution in [-0.2, 0) is 0 Å². The summed E-state index contributed by atoms with van der Waals surface area (Å²) in [6, 6.07) is 16.7. The Kier molecular flexibility index (Phi) is 3.57. The first-order valence-corrected chi connectivity index (χ1v) is 10.2. The van der Waals surface area contributed by atoms with Crippen LogP contribution in [0.3, 0.4) is 0 Å². The molecule has 0 saturated heterocycles. The zero-order chi connectivity index (χ0) is 19.2. The molecule has 0 unspecified atom stereocenters. The van der Waals surface area contributed by atoms with Gasteiger partial charge >= 0.3 is 0 Å². The van der Waals surface area contributed by atoms with Gasteiger partial charge in [0.15, 0.2) is 0 Å². The van der Waals surface area contributed by atoms with E-state index < -0.39 is 0 Å². The third kappa shape index (κ3) is 2.65. The highest BCUT2D eigenvalue weighted by Crippen LogP contribution is 2.35. The van der Waals surface area contributed by atoms with Crippen LogP contribution in [0.1, 0.15) is 0 Å². The van der Waals surface area contributed by atoms with Crippen molar-refractivity contribution in [3.63, 3.8) is 0 Å². The van der Waals surface area contributed by atoms with Crippen molar-refractivity contribution in [3.05, 3.63) is 77.9 Å². The molecule has 0 spiro atoms. The summed E-state index contributed by atoms with van der Waals surface area (Å²) in [5.41, 5.74) is 8.37. The molecule has 5 heterocycles. The summed E-state index contributed by atoms with van der Waals surface area (Å²) in [6.45, 7) is 0. The molecule has 0 amide bonds. The Labute approximate surface area is 170 Å². The molecule has 2 N–H and O–H groups in total. The van der Waals surface area contributed by atoms with Gasteiger partial charge in [0.05, 0.1) is 11.2 Å². The maximum absolute atomic E-state index is 4.59. The molecule has 1 aromatic carbocycles. The van der Waals surface area contributed by atoms with Gasteiger partial charge in [-0.3, -0.25) is 10.1 Å². The number of rotatable bonds is 3. The number of nitrogens with zero attached hydrogens (tertiary/aromatic N) is 3. The molecule has 6 heteroatoms. The van der Waals surface area contributed by atoms with Gasteiger partial charge in [0.1, 0.15) is 11.3 Å². The normalized spacial score (nSPS) is 11.4. The van der Waals surface area contributed by atoms with E-state index in [1.807, 2.05) is 30.7 Å². The van der Waals surface area contributed by atoms with Crippen LogP contribution in [0.15, 0.2) is 77.9 Å². The molecule has 0 aliphatic carbocycles. The number of benzene rings is 1. The molecule has 29 heavy (non-hydrogen) atoms. The number of thiophene rings is 1. The van der Waals surface area contributed by atoms with Gasteiger partial charge in [0, 0.05) is 29.4 Å². The second-order valence-electron chi connectivity index (χ2n) is 6.88. The second-order valence-corrected chi connectivity index (χ2v) is 7.66. The first kappa shape index (κ1) is 16.2. The van der Waals surface area contributed by atoms with Crippen molar-refractivity contribution in [1.82, 2.24) is 25.1 Å². The van der Waals surface area contributed by atoms with Gasteiger partial charge in [-0.15, -0.1) is 0 Å². The summed E-state index contributed by atoms with van der Waals surface area (Å²) in [5.74, 6) is 0. The molecular weight excluding hydrogens is 378 g/mol. The number of aromatic amines is 2. The number of aromatic nitrogens is 5. The van der Waals surface area contributed by atoms with Gasteiger partial charge in [-0.2, -0.15) is 16.4 Å². The lowest BCUT2D eigenvalue weighted by molar-refractivity contribution is 1.12. The summed E-state index contributed by atoms with van der Waals surface area (Å²) in [7, 11) is 0. The molecule has 6 aromatic rings. The van der Waals surface area contributed by atoms with Crippen LogP contribution in [0, 0.1) is 0 Å². The number of pyridine rings is 2. The lowest BCUT2D eigenvalue weighted by Gasteiger charge is -2.01. The molecule has 0 atom stereocenters. The monoisotopic (exact) mass is 393 g/mol. The molecule has 0 saturated carbocycles. The van der Waals surface area contributed by atoms with E-state index in [4.69, 9.17) is 0 Å². The van der Waals surface area contributed by atoms with Crippen LogP contribution in [0.25, 0.3) is 55.6 Å². The zero-order valence-electron chi connectivity index (χ0n) is 15.3. The lowest BCUT2D eigenvalue weighted by Crippen LogP contribution is -1.81. The number of H-pyrrole nitrogens is 2. The highest BCUT2D eigenvalue weighted by molar-refractivity contribution is 7.08. The second kappa shape index (κ2) is 6.39. The Bertz CT molecular complexity index is 1450. The Morgan fingerprint density at radius 1 is 0.793 bits per heavy atom. The van der Waals surface area contributed by atoms with Gasteiger partial charge in [-0.25, -0.2) is 4.98 Å². The number of fused-ring (bicyclic) bond motifs is 2. The Morgan fingerprint density at radius 3 is 2.59 bits per heavy atom. The Balaban J connectivity index is 1.53. The van der Waals surface area contributed by atoms with Crippen molar-refractivity contribution in [2.75, 3.05) is 0 Å². The maximum atomic E-state index is 4.59. The fraction of sp³-hybridized carbons (Fsp3) is 0. The summed E-state index contributed by atoms with van der Waals surface area (Å²) in [4.78, 5) is 12.1. The molecule has 0 fully saturated rings. The van der Waals surface area contributed by atoms with Crippen LogP contribution < -0.4 is 0 Å². The third-order valence-corrected chi connectivity index (χ3v) is 5.88. The van der Waals surface area contributed by atoms with E-state index in [0.717, 1.165) is 44.5 Å². The summed E-state index contributed by atoms with van der Waals surface area (Å²) < 4.78 is 0. The quantitative estimate of drug-likeness (QED) is 0.393. The van der Waals surface area contributed by atoms with Crippen LogP contribution >= 0.6 is 11.3 Å². The van der Waals surface area contributed by atoms with E-state index in [1.54, 1.807) is 11.3 Å². The van der Waals surface area contributed by atoms with Gasteiger partial charge in [0.2, 0.25) is 0 Å². The highest BCUT2D eigenvalue weighted by atomic mass is 32.1. The Hall–Kier alpha value is -3.77. The van der Waals surface area contributed by atoms with E-state index >= 15 is 0 Å². The molecule has 0 aliphatic heterocycles. The van der Waals surface area contributed by atoms with Crippen molar-refractivity contribution in [2.45, 2.75) is 0 Å². The fourth-order valence-corrected chi connectivity index (χ4v) is 4.42. The van der Waals surface area contributed by atoms with Crippen LogP contribution in [0.4, 0.5) is 0 Å². The van der Waals surface area contributed by atoms with Crippen molar-refractivity contribution in [3.8, 4) is 33.6 Å². The van der Waals surface area contributed by atoms with E-state index in [0.29, 0.717) is 0 Å². The van der Waals surface area contributed by atoms with Crippen molar-refractivity contribution in [1.29, 1.82) is 0 Å². The number of hydrogen-bond donors (Lipinski definition) is 2. The fourth-order valence-electron chi connectivity index (χ4n) is 3.77. The highest BCUT2D eigenvalue weighted by Gasteiger charge is 2.15. The van der Waals surface area contributed by atoms with Crippen molar-refractivity contribution < 1.29 is 0 Å². The third-order valence-electron chi connectivity index (χ3n) is 5.20. The molecular formula is C23H15N5S.